The van der Waals surface area contributed by atoms with Gasteiger partial charge < -0.3 is 9.52 Å². The van der Waals surface area contributed by atoms with Crippen molar-refractivity contribution < 1.29 is 24.0 Å². The zero-order valence-electron chi connectivity index (χ0n) is 17.6. The first-order valence-corrected chi connectivity index (χ1v) is 12.0. The van der Waals surface area contributed by atoms with Gasteiger partial charge in [-0.2, -0.15) is 0 Å². The second kappa shape index (κ2) is 7.86. The topological polar surface area (TPSA) is 127 Å². The quantitative estimate of drug-likeness (QED) is 0.183. The molecule has 0 aliphatic carbocycles. The van der Waals surface area contributed by atoms with Crippen molar-refractivity contribution in [2.24, 2.45) is 0 Å². The van der Waals surface area contributed by atoms with E-state index in [0.717, 1.165) is 16.7 Å². The molecule has 1 unspecified atom stereocenters. The summed E-state index contributed by atoms with van der Waals surface area (Å²) in [5.41, 5.74) is 0.765. The van der Waals surface area contributed by atoms with Gasteiger partial charge in [-0.3, -0.25) is 24.6 Å². The molecular formula is C24H13N3O6S2. The number of non-ortho nitro benzene ring substituents is 1. The Morgan fingerprint density at radius 1 is 1.14 bits per heavy atom. The van der Waals surface area contributed by atoms with Crippen molar-refractivity contribution in [3.05, 3.63) is 98.1 Å². The molecule has 0 bridgehead atoms. The summed E-state index contributed by atoms with van der Waals surface area (Å²) in [7, 11) is 0. The lowest BCUT2D eigenvalue weighted by atomic mass is 10.0. The van der Waals surface area contributed by atoms with Crippen LogP contribution in [-0.2, 0) is 4.79 Å². The molecule has 1 aliphatic rings. The average molecular weight is 504 g/mol. The SMILES string of the molecule is O=C(C1=C(O)C(=O)N(c2nc3ccc([N+](=O)[O-])cc3s2)C1c1cccs1)c1cc2ccccc2o1. The fourth-order valence-electron chi connectivity index (χ4n) is 4.09. The van der Waals surface area contributed by atoms with Gasteiger partial charge in [-0.25, -0.2) is 4.98 Å². The van der Waals surface area contributed by atoms with Gasteiger partial charge in [-0.05, 0) is 29.6 Å². The third-order valence-corrected chi connectivity index (χ3v) is 7.63. The minimum absolute atomic E-state index is 0.00359. The molecule has 172 valence electrons. The van der Waals surface area contributed by atoms with E-state index in [1.54, 1.807) is 41.8 Å². The Kier molecular flexibility index (Phi) is 4.76. The predicted molar refractivity (Wildman–Crippen MR) is 131 cm³/mol. The highest BCUT2D eigenvalue weighted by molar-refractivity contribution is 7.22. The number of hydrogen-bond acceptors (Lipinski definition) is 9. The maximum atomic E-state index is 13.6. The van der Waals surface area contributed by atoms with Crippen LogP contribution in [0.25, 0.3) is 21.2 Å². The molecule has 1 amide bonds. The number of rotatable bonds is 5. The number of ketones is 1. The molecule has 0 spiro atoms. The molecule has 2 aromatic carbocycles. The average Bonchev–Trinajstić information content (AvgIpc) is 3.63. The van der Waals surface area contributed by atoms with Crippen molar-refractivity contribution in [3.63, 3.8) is 0 Å². The highest BCUT2D eigenvalue weighted by Crippen LogP contribution is 2.45. The normalized spacial score (nSPS) is 16.1. The lowest BCUT2D eigenvalue weighted by molar-refractivity contribution is -0.384. The number of thiazole rings is 1. The highest BCUT2D eigenvalue weighted by Gasteiger charge is 2.47. The van der Waals surface area contributed by atoms with Crippen molar-refractivity contribution in [2.45, 2.75) is 6.04 Å². The molecule has 9 nitrogen and oxygen atoms in total. The summed E-state index contributed by atoms with van der Waals surface area (Å²) in [5.74, 6) is -2.07. The molecule has 6 rings (SSSR count). The van der Waals surface area contributed by atoms with Crippen LogP contribution in [0.5, 0.6) is 0 Å². The first-order valence-electron chi connectivity index (χ1n) is 10.3. The Morgan fingerprint density at radius 3 is 2.71 bits per heavy atom. The molecule has 0 radical (unpaired) electrons. The number of furan rings is 1. The van der Waals surface area contributed by atoms with Crippen LogP contribution in [0.3, 0.4) is 0 Å². The molecule has 1 atom stereocenters. The molecule has 0 saturated heterocycles. The summed E-state index contributed by atoms with van der Waals surface area (Å²) in [6.45, 7) is 0. The van der Waals surface area contributed by atoms with Gasteiger partial charge >= 0.3 is 0 Å². The van der Waals surface area contributed by atoms with Gasteiger partial charge in [0.1, 0.15) is 11.6 Å². The first kappa shape index (κ1) is 21.2. The number of hydrogen-bond donors (Lipinski definition) is 1. The van der Waals surface area contributed by atoms with E-state index in [4.69, 9.17) is 4.42 Å². The summed E-state index contributed by atoms with van der Waals surface area (Å²) in [6.07, 6.45) is 0. The molecule has 5 aromatic rings. The van der Waals surface area contributed by atoms with Gasteiger partial charge in [-0.1, -0.05) is 35.6 Å². The molecule has 1 aliphatic heterocycles. The second-order valence-electron chi connectivity index (χ2n) is 7.74. The number of aliphatic hydroxyl groups is 1. The van der Waals surface area contributed by atoms with Gasteiger partial charge in [0.25, 0.3) is 11.6 Å². The van der Waals surface area contributed by atoms with Gasteiger partial charge in [0.05, 0.1) is 20.7 Å². The lowest BCUT2D eigenvalue weighted by Gasteiger charge is -2.22. The van der Waals surface area contributed by atoms with E-state index in [2.05, 4.69) is 4.98 Å². The van der Waals surface area contributed by atoms with Gasteiger partial charge in [-0.15, -0.1) is 11.3 Å². The van der Waals surface area contributed by atoms with Crippen molar-refractivity contribution in [3.8, 4) is 0 Å². The van der Waals surface area contributed by atoms with Gasteiger partial charge in [0, 0.05) is 22.4 Å². The van der Waals surface area contributed by atoms with Crippen LogP contribution in [0.4, 0.5) is 10.8 Å². The van der Waals surface area contributed by atoms with Crippen molar-refractivity contribution in [1.29, 1.82) is 0 Å². The minimum Gasteiger partial charge on any atom is -0.503 e. The van der Waals surface area contributed by atoms with Crippen LogP contribution in [0.1, 0.15) is 21.5 Å². The van der Waals surface area contributed by atoms with E-state index in [1.165, 1.54) is 34.4 Å². The molecule has 0 fully saturated rings. The Bertz CT molecular complexity index is 1670. The van der Waals surface area contributed by atoms with Crippen LogP contribution in [-0.4, -0.2) is 26.7 Å². The van der Waals surface area contributed by atoms with E-state index < -0.39 is 28.4 Å². The zero-order chi connectivity index (χ0) is 24.3. The third kappa shape index (κ3) is 3.32. The number of Topliss-reactive ketones (excluding diaryl/α,β-unsaturated/α-hetero) is 1. The Labute approximate surface area is 204 Å². The number of anilines is 1. The van der Waals surface area contributed by atoms with E-state index in [9.17, 15) is 24.8 Å². The number of benzene rings is 2. The highest BCUT2D eigenvalue weighted by atomic mass is 32.1. The standard InChI is InChI=1S/C24H13N3O6S2/c28-21(16-10-12-4-1-2-5-15(12)33-16)19-20(17-6-3-9-34-17)26(23(30)22(19)29)24-25-14-8-7-13(27(31)32)11-18(14)35-24/h1-11,20,29H. The Morgan fingerprint density at radius 2 is 1.97 bits per heavy atom. The largest absolute Gasteiger partial charge is 0.503 e. The lowest BCUT2D eigenvalue weighted by Crippen LogP contribution is -2.30. The third-order valence-electron chi connectivity index (χ3n) is 5.69. The number of fused-ring (bicyclic) bond motifs is 2. The van der Waals surface area contributed by atoms with Crippen molar-refractivity contribution >= 4 is 66.4 Å². The number of carbonyl (C=O) groups is 2. The van der Waals surface area contributed by atoms with Crippen molar-refractivity contribution in [2.75, 3.05) is 4.90 Å². The summed E-state index contributed by atoms with van der Waals surface area (Å²) < 4.78 is 6.22. The molecule has 35 heavy (non-hydrogen) atoms. The van der Waals surface area contributed by atoms with E-state index in [-0.39, 0.29) is 22.2 Å². The molecule has 11 heteroatoms. The fraction of sp³-hybridized carbons (Fsp3) is 0.0417. The van der Waals surface area contributed by atoms with E-state index >= 15 is 0 Å². The number of para-hydroxylation sites is 1. The van der Waals surface area contributed by atoms with E-state index in [1.807, 2.05) is 6.07 Å². The molecule has 0 saturated carbocycles. The molecule has 4 heterocycles. The molecule has 3 aromatic heterocycles. The second-order valence-corrected chi connectivity index (χ2v) is 9.73. The predicted octanol–water partition coefficient (Wildman–Crippen LogP) is 5.80. The number of aromatic nitrogens is 1. The zero-order valence-corrected chi connectivity index (χ0v) is 19.2. The van der Waals surface area contributed by atoms with Crippen LogP contribution in [0.15, 0.2) is 81.8 Å². The minimum atomic E-state index is -0.932. The number of carbonyl (C=O) groups excluding carboxylic acids is 2. The number of aliphatic hydroxyl groups excluding tert-OH is 1. The maximum Gasteiger partial charge on any atom is 0.296 e. The maximum absolute atomic E-state index is 13.6. The van der Waals surface area contributed by atoms with Crippen LogP contribution in [0, 0.1) is 10.1 Å². The Hall–Kier alpha value is -4.35. The Balaban J connectivity index is 1.48. The molecule has 1 N–H and O–H groups in total. The number of nitro benzene ring substituents is 1. The first-order chi connectivity index (χ1) is 16.9. The smallest absolute Gasteiger partial charge is 0.296 e. The molecular weight excluding hydrogens is 490 g/mol. The summed E-state index contributed by atoms with van der Waals surface area (Å²) in [5, 5.41) is 24.8. The number of thiophene rings is 1. The number of amides is 1. The van der Waals surface area contributed by atoms with Crippen molar-refractivity contribution in [1.82, 2.24) is 4.98 Å². The summed E-state index contributed by atoms with van der Waals surface area (Å²) in [6, 6.07) is 15.5. The summed E-state index contributed by atoms with van der Waals surface area (Å²) >= 11 is 2.39. The monoisotopic (exact) mass is 503 g/mol. The van der Waals surface area contributed by atoms with Crippen LogP contribution in [0.2, 0.25) is 0 Å². The number of nitrogens with zero attached hydrogens (tertiary/aromatic N) is 3. The van der Waals surface area contributed by atoms with Gasteiger partial charge in [0.15, 0.2) is 16.7 Å². The van der Waals surface area contributed by atoms with Crippen LogP contribution >= 0.6 is 22.7 Å². The number of nitro groups is 1. The van der Waals surface area contributed by atoms with Crippen LogP contribution < -0.4 is 4.90 Å². The van der Waals surface area contributed by atoms with Gasteiger partial charge in [0.2, 0.25) is 5.78 Å². The van der Waals surface area contributed by atoms with E-state index in [0.29, 0.717) is 20.7 Å². The fourth-order valence-corrected chi connectivity index (χ4v) is 5.94. The summed E-state index contributed by atoms with van der Waals surface area (Å²) in [4.78, 5) is 43.9.